The molecule has 2 unspecified atom stereocenters. The first-order chi connectivity index (χ1) is 19.1. The van der Waals surface area contributed by atoms with Crippen molar-refractivity contribution in [3.05, 3.63) is 59.7 Å². The van der Waals surface area contributed by atoms with Gasteiger partial charge < -0.3 is 34.6 Å². The number of aliphatic hydroxyl groups is 2. The van der Waals surface area contributed by atoms with Crippen LogP contribution in [0.15, 0.2) is 48.5 Å². The van der Waals surface area contributed by atoms with Gasteiger partial charge >= 0.3 is 5.97 Å². The number of halogens is 1. The molecule has 0 saturated carbocycles. The van der Waals surface area contributed by atoms with E-state index in [1.54, 1.807) is 17.0 Å². The van der Waals surface area contributed by atoms with Crippen molar-refractivity contribution in [1.82, 2.24) is 10.2 Å². The highest BCUT2D eigenvalue weighted by molar-refractivity contribution is 5.85. The first kappa shape index (κ1) is 36.2. The number of aryl methyl sites for hydroxylation is 2. The average molecular weight is 595 g/mol. The van der Waals surface area contributed by atoms with E-state index in [-0.39, 0.29) is 50.1 Å². The van der Waals surface area contributed by atoms with Gasteiger partial charge in [0.2, 0.25) is 5.91 Å². The fraction of sp³-hybridized carbons (Fsp3) is 0.548. The van der Waals surface area contributed by atoms with Crippen LogP contribution >= 0.6 is 12.4 Å². The molecule has 0 aliphatic heterocycles. The number of carbonyl (C=O) groups is 2. The maximum Gasteiger partial charge on any atom is 0.305 e. The van der Waals surface area contributed by atoms with E-state index in [1.807, 2.05) is 64.1 Å². The molecular formula is C31H47ClN2O7. The predicted octanol–water partition coefficient (Wildman–Crippen LogP) is 3.56. The Kier molecular flexibility index (Phi) is 17.0. The second-order valence-corrected chi connectivity index (χ2v) is 10.5. The first-order valence-electron chi connectivity index (χ1n) is 14.0. The van der Waals surface area contributed by atoms with Gasteiger partial charge in [-0.05, 0) is 62.1 Å². The second kappa shape index (κ2) is 19.3. The van der Waals surface area contributed by atoms with Crippen LogP contribution in [-0.2, 0) is 27.2 Å². The number of esters is 1. The van der Waals surface area contributed by atoms with Gasteiger partial charge in [0, 0.05) is 31.5 Å². The highest BCUT2D eigenvalue weighted by atomic mass is 35.5. The molecule has 1 amide bonds. The summed E-state index contributed by atoms with van der Waals surface area (Å²) < 4.78 is 16.0. The van der Waals surface area contributed by atoms with E-state index in [2.05, 4.69) is 10.1 Å². The predicted molar refractivity (Wildman–Crippen MR) is 162 cm³/mol. The van der Waals surface area contributed by atoms with Crippen molar-refractivity contribution in [2.75, 3.05) is 33.4 Å². The molecule has 230 valence electrons. The second-order valence-electron chi connectivity index (χ2n) is 10.5. The van der Waals surface area contributed by atoms with Crippen LogP contribution in [0.2, 0.25) is 0 Å². The number of rotatable bonds is 18. The lowest BCUT2D eigenvalue weighted by Gasteiger charge is -2.29. The van der Waals surface area contributed by atoms with Crippen molar-refractivity contribution in [1.29, 1.82) is 0 Å². The van der Waals surface area contributed by atoms with E-state index in [9.17, 15) is 19.8 Å². The summed E-state index contributed by atoms with van der Waals surface area (Å²) in [5.74, 6) is 0.988. The molecule has 0 bridgehead atoms. The molecule has 0 aliphatic carbocycles. The molecule has 0 spiro atoms. The summed E-state index contributed by atoms with van der Waals surface area (Å²) in [6.45, 7) is 8.80. The van der Waals surface area contributed by atoms with Crippen molar-refractivity contribution >= 4 is 24.3 Å². The van der Waals surface area contributed by atoms with E-state index in [4.69, 9.17) is 9.47 Å². The van der Waals surface area contributed by atoms with E-state index >= 15 is 0 Å². The van der Waals surface area contributed by atoms with Crippen LogP contribution in [0.4, 0.5) is 0 Å². The summed E-state index contributed by atoms with van der Waals surface area (Å²) >= 11 is 0. The molecule has 2 aromatic carbocycles. The lowest BCUT2D eigenvalue weighted by molar-refractivity contribution is -0.140. The van der Waals surface area contributed by atoms with Crippen molar-refractivity contribution < 1.29 is 34.0 Å². The summed E-state index contributed by atoms with van der Waals surface area (Å²) in [6, 6.07) is 15.1. The smallest absolute Gasteiger partial charge is 0.305 e. The molecule has 0 heterocycles. The van der Waals surface area contributed by atoms with E-state index in [1.165, 1.54) is 7.11 Å². The fourth-order valence-electron chi connectivity index (χ4n) is 3.94. The standard InChI is InChI=1S/C31H46N2O7.ClH/c1-22(2)32-18-26(34)20-39-28-12-6-24(7-13-28)10-16-30(36)33(23(3)4)19-27(35)21-40-29-14-8-25(9-15-29)11-17-31(37)38-5;/h6-9,12-15,22-23,26-27,32,34-35H,10-11,16-21H2,1-5H3;1H. The van der Waals surface area contributed by atoms with E-state index in [0.717, 1.165) is 11.1 Å². The maximum atomic E-state index is 13.0. The number of carbonyl (C=O) groups excluding carboxylic acids is 2. The Bertz CT molecular complexity index is 1020. The van der Waals surface area contributed by atoms with Crippen molar-refractivity contribution in [2.45, 2.75) is 77.7 Å². The number of methoxy groups -OCH3 is 1. The number of aliphatic hydroxyl groups excluding tert-OH is 2. The van der Waals surface area contributed by atoms with Crippen LogP contribution in [0.3, 0.4) is 0 Å². The van der Waals surface area contributed by atoms with Gasteiger partial charge in [0.05, 0.1) is 13.7 Å². The maximum absolute atomic E-state index is 13.0. The van der Waals surface area contributed by atoms with Gasteiger partial charge in [-0.1, -0.05) is 38.1 Å². The minimum Gasteiger partial charge on any atom is -0.491 e. The Morgan fingerprint density at radius 3 is 1.76 bits per heavy atom. The minimum absolute atomic E-state index is 0. The third-order valence-electron chi connectivity index (χ3n) is 6.32. The average Bonchev–Trinajstić information content (AvgIpc) is 2.94. The molecule has 0 fully saturated rings. The number of nitrogens with one attached hydrogen (secondary N) is 1. The zero-order valence-electron chi connectivity index (χ0n) is 24.9. The quantitative estimate of drug-likeness (QED) is 0.224. The van der Waals surface area contributed by atoms with Gasteiger partial charge in [-0.15, -0.1) is 12.4 Å². The molecule has 2 atom stereocenters. The zero-order valence-corrected chi connectivity index (χ0v) is 25.7. The van der Waals surface area contributed by atoms with Crippen molar-refractivity contribution in [3.63, 3.8) is 0 Å². The Labute approximate surface area is 250 Å². The van der Waals surface area contributed by atoms with E-state index < -0.39 is 12.2 Å². The topological polar surface area (TPSA) is 118 Å². The third-order valence-corrected chi connectivity index (χ3v) is 6.32. The zero-order chi connectivity index (χ0) is 29.5. The molecule has 3 N–H and O–H groups in total. The Balaban J connectivity index is 0.00000840. The van der Waals surface area contributed by atoms with Crippen molar-refractivity contribution in [3.8, 4) is 11.5 Å². The van der Waals surface area contributed by atoms with Crippen LogP contribution in [0.25, 0.3) is 0 Å². The van der Waals surface area contributed by atoms with Crippen LogP contribution in [0.1, 0.15) is 51.7 Å². The molecule has 10 heteroatoms. The largest absolute Gasteiger partial charge is 0.491 e. The molecule has 0 aromatic heterocycles. The SMILES string of the molecule is COC(=O)CCc1ccc(OCC(O)CN(C(=O)CCc2ccc(OCC(O)CNC(C)C)cc2)C(C)C)cc1.Cl. The van der Waals surface area contributed by atoms with Gasteiger partial charge in [0.15, 0.2) is 0 Å². The lowest BCUT2D eigenvalue weighted by atomic mass is 10.1. The number of ether oxygens (including phenoxy) is 3. The molecule has 2 aromatic rings. The molecule has 0 saturated heterocycles. The molecule has 0 radical (unpaired) electrons. The van der Waals surface area contributed by atoms with Crippen LogP contribution < -0.4 is 14.8 Å². The Morgan fingerprint density at radius 1 is 0.805 bits per heavy atom. The number of nitrogens with zero attached hydrogens (tertiary/aromatic N) is 1. The molecular weight excluding hydrogens is 548 g/mol. The van der Waals surface area contributed by atoms with Gasteiger partial charge in [-0.25, -0.2) is 0 Å². The Morgan fingerprint density at radius 2 is 1.29 bits per heavy atom. The third kappa shape index (κ3) is 14.6. The lowest BCUT2D eigenvalue weighted by Crippen LogP contribution is -2.43. The van der Waals surface area contributed by atoms with Gasteiger partial charge in [-0.3, -0.25) is 9.59 Å². The fourth-order valence-corrected chi connectivity index (χ4v) is 3.94. The Hall–Kier alpha value is -2.85. The number of hydrogen-bond acceptors (Lipinski definition) is 8. The first-order valence-corrected chi connectivity index (χ1v) is 14.0. The monoisotopic (exact) mass is 594 g/mol. The molecule has 41 heavy (non-hydrogen) atoms. The molecule has 2 rings (SSSR count). The summed E-state index contributed by atoms with van der Waals surface area (Å²) in [7, 11) is 1.37. The van der Waals surface area contributed by atoms with Crippen LogP contribution in [0.5, 0.6) is 11.5 Å². The minimum atomic E-state index is -0.840. The summed E-state index contributed by atoms with van der Waals surface area (Å²) in [4.78, 5) is 25.9. The van der Waals surface area contributed by atoms with E-state index in [0.29, 0.717) is 49.8 Å². The summed E-state index contributed by atoms with van der Waals surface area (Å²) in [5.41, 5.74) is 2.00. The number of amides is 1. The molecule has 0 aliphatic rings. The highest BCUT2D eigenvalue weighted by Gasteiger charge is 2.21. The van der Waals surface area contributed by atoms with Gasteiger partial charge in [-0.2, -0.15) is 0 Å². The number of benzene rings is 2. The summed E-state index contributed by atoms with van der Waals surface area (Å²) in [6.07, 6.45) is 0.354. The van der Waals surface area contributed by atoms with Crippen LogP contribution in [0, 0.1) is 0 Å². The number of hydrogen-bond donors (Lipinski definition) is 3. The summed E-state index contributed by atoms with van der Waals surface area (Å²) in [5, 5.41) is 23.7. The highest BCUT2D eigenvalue weighted by Crippen LogP contribution is 2.16. The van der Waals surface area contributed by atoms with Gasteiger partial charge in [0.25, 0.3) is 0 Å². The van der Waals surface area contributed by atoms with Gasteiger partial charge in [0.1, 0.15) is 36.9 Å². The molecule has 9 nitrogen and oxygen atoms in total. The normalized spacial score (nSPS) is 12.4. The van der Waals surface area contributed by atoms with Crippen LogP contribution in [-0.4, -0.2) is 84.7 Å². The van der Waals surface area contributed by atoms with Crippen molar-refractivity contribution in [2.24, 2.45) is 0 Å².